The minimum absolute atomic E-state index is 0.0516. The van der Waals surface area contributed by atoms with Crippen LogP contribution >= 0.6 is 11.8 Å². The van der Waals surface area contributed by atoms with Crippen molar-refractivity contribution >= 4 is 23.4 Å². The van der Waals surface area contributed by atoms with Gasteiger partial charge >= 0.3 is 0 Å². The number of benzene rings is 1. The molecule has 1 amide bonds. The smallest absolute Gasteiger partial charge is 0.244 e. The topological polar surface area (TPSA) is 55.1 Å². The van der Waals surface area contributed by atoms with Crippen molar-refractivity contribution in [1.82, 2.24) is 0 Å². The van der Waals surface area contributed by atoms with Crippen LogP contribution in [0.3, 0.4) is 0 Å². The highest BCUT2D eigenvalue weighted by Gasteiger charge is 2.46. The summed E-state index contributed by atoms with van der Waals surface area (Å²) in [5, 5.41) is 3.58. The molecular weight excluding hydrogens is 256 g/mol. The third-order valence-electron chi connectivity index (χ3n) is 3.51. The summed E-state index contributed by atoms with van der Waals surface area (Å²) in [6.07, 6.45) is 1.58. The zero-order chi connectivity index (χ0) is 14.0. The largest absolute Gasteiger partial charge is 0.324 e. The third kappa shape index (κ3) is 3.51. The lowest BCUT2D eigenvalue weighted by molar-refractivity contribution is -0.118. The first kappa shape index (κ1) is 14.4. The fourth-order valence-corrected chi connectivity index (χ4v) is 2.67. The lowest BCUT2D eigenvalue weighted by Crippen LogP contribution is -2.38. The number of thioether (sulfide) groups is 1. The van der Waals surface area contributed by atoms with Gasteiger partial charge in [0, 0.05) is 11.4 Å². The molecule has 1 aromatic carbocycles. The van der Waals surface area contributed by atoms with E-state index in [9.17, 15) is 4.79 Å². The Morgan fingerprint density at radius 3 is 2.74 bits per heavy atom. The molecule has 104 valence electrons. The summed E-state index contributed by atoms with van der Waals surface area (Å²) in [5.74, 6) is 0.922. The molecule has 2 rings (SSSR count). The highest BCUT2D eigenvalue weighted by molar-refractivity contribution is 7.99. The van der Waals surface area contributed by atoms with Gasteiger partial charge in [-0.15, -0.1) is 0 Å². The summed E-state index contributed by atoms with van der Waals surface area (Å²) >= 11 is 1.91. The number of anilines is 1. The van der Waals surface area contributed by atoms with Crippen LogP contribution in [0, 0.1) is 6.92 Å². The van der Waals surface area contributed by atoms with E-state index in [0.29, 0.717) is 5.25 Å². The van der Waals surface area contributed by atoms with Crippen molar-refractivity contribution in [2.24, 2.45) is 5.73 Å². The van der Waals surface area contributed by atoms with Crippen molar-refractivity contribution in [2.75, 3.05) is 5.32 Å². The average Bonchev–Trinajstić information content (AvgIpc) is 3.09. The molecule has 0 saturated heterocycles. The van der Waals surface area contributed by atoms with Crippen molar-refractivity contribution in [3.63, 3.8) is 0 Å². The van der Waals surface area contributed by atoms with Crippen LogP contribution in [-0.4, -0.2) is 16.7 Å². The number of nitrogens with two attached hydrogens (primary N) is 1. The highest BCUT2D eigenvalue weighted by Crippen LogP contribution is 2.34. The predicted octanol–water partition coefficient (Wildman–Crippen LogP) is 3.07. The maximum atomic E-state index is 12.0. The van der Waals surface area contributed by atoms with Crippen molar-refractivity contribution in [2.45, 2.75) is 50.2 Å². The minimum Gasteiger partial charge on any atom is -0.324 e. The molecule has 1 fully saturated rings. The molecule has 3 N–H and O–H groups in total. The first-order valence-corrected chi connectivity index (χ1v) is 7.78. The van der Waals surface area contributed by atoms with Gasteiger partial charge in [0.2, 0.25) is 5.91 Å². The molecule has 0 atom stereocenters. The van der Waals surface area contributed by atoms with Crippen molar-refractivity contribution < 1.29 is 4.79 Å². The Balaban J connectivity index is 2.08. The number of carbonyl (C=O) groups excluding carboxylic acids is 1. The summed E-state index contributed by atoms with van der Waals surface area (Å²) in [5.41, 5.74) is 8.61. The second kappa shape index (κ2) is 5.55. The predicted molar refractivity (Wildman–Crippen MR) is 82.4 cm³/mol. The molecule has 0 aliphatic heterocycles. The minimum atomic E-state index is -0.616. The fraction of sp³-hybridized carbons (Fsp3) is 0.533. The van der Waals surface area contributed by atoms with E-state index in [4.69, 9.17) is 5.73 Å². The molecule has 3 nitrogen and oxygen atoms in total. The summed E-state index contributed by atoms with van der Waals surface area (Å²) < 4.78 is 0. The van der Waals surface area contributed by atoms with E-state index < -0.39 is 5.54 Å². The molecule has 4 heteroatoms. The van der Waals surface area contributed by atoms with Crippen LogP contribution in [0.25, 0.3) is 0 Å². The number of nitrogens with one attached hydrogen (secondary N) is 1. The summed E-state index contributed by atoms with van der Waals surface area (Å²) in [7, 11) is 0. The van der Waals surface area contributed by atoms with Gasteiger partial charge in [0.05, 0.1) is 5.54 Å². The third-order valence-corrected chi connectivity index (χ3v) is 4.65. The molecule has 1 saturated carbocycles. The van der Waals surface area contributed by atoms with Crippen LogP contribution in [0.2, 0.25) is 0 Å². The normalized spacial score (nSPS) is 16.5. The number of carbonyl (C=O) groups is 1. The second-order valence-electron chi connectivity index (χ2n) is 5.56. The Morgan fingerprint density at radius 2 is 2.16 bits per heavy atom. The maximum Gasteiger partial charge on any atom is 0.244 e. The van der Waals surface area contributed by atoms with E-state index in [1.54, 1.807) is 0 Å². The van der Waals surface area contributed by atoms with E-state index in [1.165, 1.54) is 5.56 Å². The van der Waals surface area contributed by atoms with E-state index in [0.717, 1.165) is 29.8 Å². The van der Waals surface area contributed by atoms with Gasteiger partial charge in [-0.1, -0.05) is 26.0 Å². The van der Waals surface area contributed by atoms with Crippen LogP contribution in [0.1, 0.15) is 37.8 Å². The van der Waals surface area contributed by atoms with Crippen LogP contribution in [0.5, 0.6) is 0 Å². The molecule has 0 bridgehead atoms. The standard InChI is InChI=1S/C15H22N2OS/c1-10(2)19-9-12-5-4-6-13(11(12)3)17-14(18)15(16)7-8-15/h4-6,10H,7-9,16H2,1-3H3,(H,17,18). The number of hydrogen-bond acceptors (Lipinski definition) is 3. The quantitative estimate of drug-likeness (QED) is 0.870. The molecule has 0 spiro atoms. The Kier molecular flexibility index (Phi) is 4.21. The Labute approximate surface area is 119 Å². The van der Waals surface area contributed by atoms with Crippen LogP contribution in [0.15, 0.2) is 18.2 Å². The fourth-order valence-electron chi connectivity index (χ4n) is 1.84. The van der Waals surface area contributed by atoms with Gasteiger partial charge in [0.25, 0.3) is 0 Å². The van der Waals surface area contributed by atoms with Crippen molar-refractivity contribution in [3.8, 4) is 0 Å². The molecule has 0 heterocycles. The SMILES string of the molecule is Cc1c(CSC(C)C)cccc1NC(=O)C1(N)CC1. The van der Waals surface area contributed by atoms with E-state index in [1.807, 2.05) is 23.9 Å². The monoisotopic (exact) mass is 278 g/mol. The van der Waals surface area contributed by atoms with Gasteiger partial charge in [0.15, 0.2) is 0 Å². The van der Waals surface area contributed by atoms with Gasteiger partial charge < -0.3 is 11.1 Å². The highest BCUT2D eigenvalue weighted by atomic mass is 32.2. The number of hydrogen-bond donors (Lipinski definition) is 2. The molecule has 1 aromatic rings. The Morgan fingerprint density at radius 1 is 1.47 bits per heavy atom. The number of rotatable bonds is 5. The van der Waals surface area contributed by atoms with Crippen molar-refractivity contribution in [3.05, 3.63) is 29.3 Å². The van der Waals surface area contributed by atoms with E-state index in [2.05, 4.69) is 32.2 Å². The summed E-state index contributed by atoms with van der Waals surface area (Å²) in [6.45, 7) is 6.44. The van der Waals surface area contributed by atoms with Gasteiger partial charge in [-0.2, -0.15) is 11.8 Å². The first-order chi connectivity index (χ1) is 8.92. The molecule has 1 aliphatic rings. The Hall–Kier alpha value is -1.00. The molecule has 0 aromatic heterocycles. The van der Waals surface area contributed by atoms with Gasteiger partial charge in [-0.05, 0) is 42.2 Å². The molecule has 1 aliphatic carbocycles. The average molecular weight is 278 g/mol. The number of amides is 1. The lowest BCUT2D eigenvalue weighted by atomic mass is 10.1. The molecule has 19 heavy (non-hydrogen) atoms. The van der Waals surface area contributed by atoms with Crippen LogP contribution in [0.4, 0.5) is 5.69 Å². The van der Waals surface area contributed by atoms with Gasteiger partial charge in [-0.3, -0.25) is 4.79 Å². The first-order valence-electron chi connectivity index (χ1n) is 6.73. The maximum absolute atomic E-state index is 12.0. The summed E-state index contributed by atoms with van der Waals surface area (Å²) in [6, 6.07) is 6.06. The van der Waals surface area contributed by atoms with Crippen molar-refractivity contribution in [1.29, 1.82) is 0 Å². The Bertz CT molecular complexity index is 481. The molecule has 0 radical (unpaired) electrons. The van der Waals surface area contributed by atoms with Gasteiger partial charge in [0.1, 0.15) is 0 Å². The van der Waals surface area contributed by atoms with E-state index in [-0.39, 0.29) is 5.91 Å². The second-order valence-corrected chi connectivity index (χ2v) is 7.12. The summed E-state index contributed by atoms with van der Waals surface area (Å²) in [4.78, 5) is 12.0. The van der Waals surface area contributed by atoms with Crippen LogP contribution < -0.4 is 11.1 Å². The van der Waals surface area contributed by atoms with E-state index >= 15 is 0 Å². The van der Waals surface area contributed by atoms with Gasteiger partial charge in [-0.25, -0.2) is 0 Å². The zero-order valence-electron chi connectivity index (χ0n) is 11.8. The molecular formula is C15H22N2OS. The van der Waals surface area contributed by atoms with Crippen LogP contribution in [-0.2, 0) is 10.5 Å². The molecule has 0 unspecified atom stereocenters. The zero-order valence-corrected chi connectivity index (χ0v) is 12.6. The lowest BCUT2D eigenvalue weighted by Gasteiger charge is -2.15.